The second-order valence-electron chi connectivity index (χ2n) is 7.07. The quantitative estimate of drug-likeness (QED) is 0.637. The minimum atomic E-state index is -0.292. The van der Waals surface area contributed by atoms with E-state index in [0.29, 0.717) is 17.5 Å². The standard InChI is InChI=1S/C22H20N4O2S/c1-29-22-24-21-23-17-11-6-12-18(27)19(17)20(26(21)25-22)14-7-5-10-16(13-14)28-15-8-3-2-4-9-15/h2-5,7-11,13,19-20H,6,12H2,1H3,(H,23,24,25). The molecule has 1 aliphatic heterocycles. The lowest BCUT2D eigenvalue weighted by Crippen LogP contribution is -2.38. The van der Waals surface area contributed by atoms with Gasteiger partial charge in [0.2, 0.25) is 11.1 Å². The summed E-state index contributed by atoms with van der Waals surface area (Å²) in [5.41, 5.74) is 1.90. The largest absolute Gasteiger partial charge is 0.457 e. The lowest BCUT2D eigenvalue weighted by molar-refractivity contribution is -0.123. The summed E-state index contributed by atoms with van der Waals surface area (Å²) < 4.78 is 7.87. The molecule has 0 spiro atoms. The van der Waals surface area contributed by atoms with Crippen molar-refractivity contribution >= 4 is 23.5 Å². The molecule has 3 aromatic rings. The first-order valence-electron chi connectivity index (χ1n) is 9.56. The summed E-state index contributed by atoms with van der Waals surface area (Å²) in [6.45, 7) is 0. The van der Waals surface area contributed by atoms with Crippen molar-refractivity contribution < 1.29 is 9.53 Å². The number of carbonyl (C=O) groups is 1. The van der Waals surface area contributed by atoms with Gasteiger partial charge in [0.25, 0.3) is 0 Å². The molecule has 0 fully saturated rings. The van der Waals surface area contributed by atoms with E-state index in [2.05, 4.69) is 21.5 Å². The van der Waals surface area contributed by atoms with Gasteiger partial charge in [0.05, 0.1) is 12.0 Å². The fraction of sp³-hybridized carbons (Fsp3) is 0.227. The molecule has 2 unspecified atom stereocenters. The molecule has 2 heterocycles. The molecule has 0 amide bonds. The molecule has 2 atom stereocenters. The van der Waals surface area contributed by atoms with Gasteiger partial charge in [-0.05, 0) is 42.5 Å². The Bertz CT molecular complexity index is 1090. The molecule has 6 nitrogen and oxygen atoms in total. The summed E-state index contributed by atoms with van der Waals surface area (Å²) in [5.74, 6) is 2.11. The maximum absolute atomic E-state index is 12.9. The Morgan fingerprint density at radius 3 is 2.79 bits per heavy atom. The molecule has 0 radical (unpaired) electrons. The Balaban J connectivity index is 1.58. The first-order chi connectivity index (χ1) is 14.2. The molecule has 0 saturated heterocycles. The molecule has 0 saturated carbocycles. The minimum absolute atomic E-state index is 0.223. The van der Waals surface area contributed by atoms with Gasteiger partial charge < -0.3 is 10.1 Å². The number of carbonyl (C=O) groups excluding carboxylic acids is 1. The minimum Gasteiger partial charge on any atom is -0.457 e. The predicted octanol–water partition coefficient (Wildman–Crippen LogP) is 4.67. The number of Topliss-reactive ketones (excluding diaryl/α,β-unsaturated/α-hetero) is 1. The lowest BCUT2D eigenvalue weighted by Gasteiger charge is -2.36. The van der Waals surface area contributed by atoms with E-state index in [0.717, 1.165) is 29.2 Å². The van der Waals surface area contributed by atoms with Crippen molar-refractivity contribution in [1.82, 2.24) is 14.8 Å². The van der Waals surface area contributed by atoms with Gasteiger partial charge in [-0.2, -0.15) is 4.98 Å². The normalized spacial score (nSPS) is 20.3. The van der Waals surface area contributed by atoms with Crippen LogP contribution in [0.3, 0.4) is 0 Å². The molecule has 1 aliphatic carbocycles. The molecule has 146 valence electrons. The Kier molecular flexibility index (Phi) is 4.60. The number of hydrogen-bond donors (Lipinski definition) is 1. The number of aromatic nitrogens is 3. The summed E-state index contributed by atoms with van der Waals surface area (Å²) in [6, 6.07) is 17.3. The number of fused-ring (bicyclic) bond motifs is 2. The van der Waals surface area contributed by atoms with E-state index >= 15 is 0 Å². The van der Waals surface area contributed by atoms with E-state index in [4.69, 9.17) is 4.74 Å². The van der Waals surface area contributed by atoms with Gasteiger partial charge >= 0.3 is 0 Å². The summed E-state index contributed by atoms with van der Waals surface area (Å²) in [5, 5.41) is 8.66. The summed E-state index contributed by atoms with van der Waals surface area (Å²) in [6.07, 6.45) is 5.36. The highest BCUT2D eigenvalue weighted by Crippen LogP contribution is 2.42. The smallest absolute Gasteiger partial charge is 0.227 e. The van der Waals surface area contributed by atoms with Crippen LogP contribution in [0.1, 0.15) is 24.4 Å². The van der Waals surface area contributed by atoms with E-state index < -0.39 is 0 Å². The zero-order valence-electron chi connectivity index (χ0n) is 15.9. The van der Waals surface area contributed by atoms with Crippen molar-refractivity contribution in [2.75, 3.05) is 11.6 Å². The Morgan fingerprint density at radius 2 is 1.97 bits per heavy atom. The first kappa shape index (κ1) is 18.0. The van der Waals surface area contributed by atoms with Crippen LogP contribution in [0, 0.1) is 5.92 Å². The fourth-order valence-electron chi connectivity index (χ4n) is 3.96. The van der Waals surface area contributed by atoms with Gasteiger partial charge in [-0.15, -0.1) is 5.10 Å². The van der Waals surface area contributed by atoms with E-state index in [-0.39, 0.29) is 17.7 Å². The van der Waals surface area contributed by atoms with Gasteiger partial charge in [-0.1, -0.05) is 48.2 Å². The van der Waals surface area contributed by atoms with Crippen LogP contribution >= 0.6 is 11.8 Å². The number of anilines is 1. The second-order valence-corrected chi connectivity index (χ2v) is 7.84. The summed E-state index contributed by atoms with van der Waals surface area (Å²) in [7, 11) is 0. The van der Waals surface area contributed by atoms with Gasteiger partial charge in [-0.3, -0.25) is 4.79 Å². The molecule has 1 aromatic heterocycles. The molecular weight excluding hydrogens is 384 g/mol. The number of para-hydroxylation sites is 1. The van der Waals surface area contributed by atoms with Crippen LogP contribution in [0.25, 0.3) is 0 Å². The fourth-order valence-corrected chi connectivity index (χ4v) is 4.31. The molecule has 2 aliphatic rings. The summed E-state index contributed by atoms with van der Waals surface area (Å²) >= 11 is 1.49. The Labute approximate surface area is 173 Å². The average Bonchev–Trinajstić information content (AvgIpc) is 3.16. The third kappa shape index (κ3) is 3.31. The molecule has 1 N–H and O–H groups in total. The maximum atomic E-state index is 12.9. The van der Waals surface area contributed by atoms with Gasteiger partial charge in [0.15, 0.2) is 0 Å². The molecular formula is C22H20N4O2S. The number of ether oxygens (including phenoxy) is 1. The van der Waals surface area contributed by atoms with Crippen molar-refractivity contribution in [3.8, 4) is 11.5 Å². The molecule has 5 rings (SSSR count). The third-order valence-corrected chi connectivity index (χ3v) is 5.78. The van der Waals surface area contributed by atoms with E-state index in [1.54, 1.807) is 0 Å². The van der Waals surface area contributed by atoms with Gasteiger partial charge in [0, 0.05) is 12.1 Å². The number of hydrogen-bond acceptors (Lipinski definition) is 6. The average molecular weight is 404 g/mol. The van der Waals surface area contributed by atoms with Crippen molar-refractivity contribution in [3.63, 3.8) is 0 Å². The van der Waals surface area contributed by atoms with Crippen LogP contribution in [0.5, 0.6) is 11.5 Å². The number of nitrogens with one attached hydrogen (secondary N) is 1. The van der Waals surface area contributed by atoms with Crippen molar-refractivity contribution in [2.24, 2.45) is 5.92 Å². The van der Waals surface area contributed by atoms with Crippen molar-refractivity contribution in [2.45, 2.75) is 24.0 Å². The highest BCUT2D eigenvalue weighted by Gasteiger charge is 2.41. The van der Waals surface area contributed by atoms with Crippen LogP contribution in [0.2, 0.25) is 0 Å². The third-order valence-electron chi connectivity index (χ3n) is 5.25. The SMILES string of the molecule is CSc1nc2n(n1)C(c1cccc(Oc3ccccc3)c1)C1C(=O)CCC=C1N2. The lowest BCUT2D eigenvalue weighted by atomic mass is 9.81. The first-order valence-corrected chi connectivity index (χ1v) is 10.8. The van der Waals surface area contributed by atoms with Crippen molar-refractivity contribution in [3.05, 3.63) is 71.9 Å². The highest BCUT2D eigenvalue weighted by molar-refractivity contribution is 7.98. The number of ketones is 1. The van der Waals surface area contributed by atoms with Gasteiger partial charge in [0.1, 0.15) is 17.3 Å². The maximum Gasteiger partial charge on any atom is 0.227 e. The number of nitrogens with zero attached hydrogens (tertiary/aromatic N) is 3. The van der Waals surface area contributed by atoms with Crippen LogP contribution in [-0.4, -0.2) is 26.8 Å². The van der Waals surface area contributed by atoms with Crippen molar-refractivity contribution in [1.29, 1.82) is 0 Å². The Hall–Kier alpha value is -3.06. The highest BCUT2D eigenvalue weighted by atomic mass is 32.2. The topological polar surface area (TPSA) is 69.0 Å². The predicted molar refractivity (Wildman–Crippen MR) is 112 cm³/mol. The van der Waals surface area contributed by atoms with E-state index in [9.17, 15) is 4.79 Å². The van der Waals surface area contributed by atoms with E-state index in [1.807, 2.05) is 65.5 Å². The van der Waals surface area contributed by atoms with Crippen LogP contribution in [0.15, 0.2) is 71.5 Å². The monoisotopic (exact) mass is 404 g/mol. The second kappa shape index (κ2) is 7.40. The van der Waals surface area contributed by atoms with Crippen LogP contribution in [-0.2, 0) is 4.79 Å². The number of allylic oxidation sites excluding steroid dienone is 2. The van der Waals surface area contributed by atoms with Crippen LogP contribution < -0.4 is 10.1 Å². The molecule has 2 aromatic carbocycles. The zero-order chi connectivity index (χ0) is 19.8. The number of rotatable bonds is 4. The summed E-state index contributed by atoms with van der Waals surface area (Å²) in [4.78, 5) is 17.5. The van der Waals surface area contributed by atoms with E-state index in [1.165, 1.54) is 11.8 Å². The number of thioether (sulfide) groups is 1. The number of benzene rings is 2. The van der Waals surface area contributed by atoms with Gasteiger partial charge in [-0.25, -0.2) is 4.68 Å². The molecule has 7 heteroatoms. The molecule has 29 heavy (non-hydrogen) atoms. The zero-order valence-corrected chi connectivity index (χ0v) is 16.7. The molecule has 0 bridgehead atoms. The Morgan fingerprint density at radius 1 is 1.14 bits per heavy atom. The van der Waals surface area contributed by atoms with Crippen LogP contribution in [0.4, 0.5) is 5.95 Å².